The second-order valence-corrected chi connectivity index (χ2v) is 10.6. The number of nitrogens with one attached hydrogen (secondary N) is 1. The number of nitro benzene ring substituents is 2. The number of sulfonamides is 1. The van der Waals surface area contributed by atoms with E-state index < -0.39 is 36.1 Å². The predicted molar refractivity (Wildman–Crippen MR) is 125 cm³/mol. The van der Waals surface area contributed by atoms with Crippen LogP contribution >= 0.6 is 11.6 Å². The molecule has 0 bridgehead atoms. The molecule has 188 valence electrons. The van der Waals surface area contributed by atoms with Crippen LogP contribution in [0.15, 0.2) is 41.3 Å². The smallest absolute Gasteiger partial charge is 0.296 e. The van der Waals surface area contributed by atoms with Crippen molar-refractivity contribution in [3.8, 4) is 11.5 Å². The molecule has 0 unspecified atom stereocenters. The molecule has 1 fully saturated rings. The molecule has 14 heteroatoms. The monoisotopic (exact) mass is 526 g/mol. The van der Waals surface area contributed by atoms with Gasteiger partial charge in [-0.1, -0.05) is 11.6 Å². The summed E-state index contributed by atoms with van der Waals surface area (Å²) in [5.74, 6) is 1.31. The molecule has 0 aromatic heterocycles. The summed E-state index contributed by atoms with van der Waals surface area (Å²) >= 11 is 6.02. The number of hydrogen-bond acceptors (Lipinski definition) is 9. The average molecular weight is 527 g/mol. The van der Waals surface area contributed by atoms with Crippen LogP contribution < -0.4 is 14.2 Å². The van der Waals surface area contributed by atoms with Crippen molar-refractivity contribution in [3.63, 3.8) is 0 Å². The topological polar surface area (TPSA) is 154 Å². The maximum absolute atomic E-state index is 12.7. The van der Waals surface area contributed by atoms with Crippen LogP contribution in [0.4, 0.5) is 11.4 Å². The fourth-order valence-electron chi connectivity index (χ4n) is 4.14. The van der Waals surface area contributed by atoms with E-state index in [4.69, 9.17) is 21.1 Å². The lowest BCUT2D eigenvalue weighted by atomic mass is 9.97. The number of rotatable bonds is 8. The van der Waals surface area contributed by atoms with Gasteiger partial charge in [0, 0.05) is 30.2 Å². The highest BCUT2D eigenvalue weighted by atomic mass is 35.5. The quantitative estimate of drug-likeness (QED) is 0.403. The minimum Gasteiger partial charge on any atom is -0.486 e. The number of likely N-dealkylation sites (tertiary alicyclic amines) is 1. The third-order valence-corrected chi connectivity index (χ3v) is 7.70. The highest BCUT2D eigenvalue weighted by Gasteiger charge is 2.30. The molecule has 0 aliphatic carbocycles. The second-order valence-electron chi connectivity index (χ2n) is 8.40. The largest absolute Gasteiger partial charge is 0.486 e. The maximum atomic E-state index is 12.7. The van der Waals surface area contributed by atoms with E-state index >= 15 is 0 Å². The molecule has 4 rings (SSSR count). The molecule has 0 radical (unpaired) electrons. The van der Waals surface area contributed by atoms with Crippen molar-refractivity contribution in [1.29, 1.82) is 0 Å². The summed E-state index contributed by atoms with van der Waals surface area (Å²) in [7, 11) is -4.22. The highest BCUT2D eigenvalue weighted by molar-refractivity contribution is 7.89. The number of nitro groups is 2. The first kappa shape index (κ1) is 25.1. The van der Waals surface area contributed by atoms with E-state index in [2.05, 4.69) is 9.62 Å². The molecule has 2 aromatic rings. The normalized spacial score (nSPS) is 18.8. The molecule has 0 saturated carbocycles. The molecular formula is C21H23ClN4O8S. The average Bonchev–Trinajstić information content (AvgIpc) is 2.83. The predicted octanol–water partition coefficient (Wildman–Crippen LogP) is 2.99. The first-order valence-electron chi connectivity index (χ1n) is 10.9. The van der Waals surface area contributed by atoms with Crippen LogP contribution in [0, 0.1) is 26.1 Å². The van der Waals surface area contributed by atoms with Crippen LogP contribution in [0.25, 0.3) is 0 Å². The Hall–Kier alpha value is -3.00. The van der Waals surface area contributed by atoms with E-state index in [0.29, 0.717) is 35.7 Å². The zero-order valence-corrected chi connectivity index (χ0v) is 20.0. The number of non-ortho nitro benzene ring substituents is 1. The number of fused-ring (bicyclic) bond motifs is 1. The number of benzene rings is 2. The van der Waals surface area contributed by atoms with Gasteiger partial charge in [0.05, 0.1) is 15.9 Å². The Morgan fingerprint density at radius 1 is 1.06 bits per heavy atom. The molecule has 1 N–H and O–H groups in total. The zero-order valence-electron chi connectivity index (χ0n) is 18.5. The van der Waals surface area contributed by atoms with Gasteiger partial charge >= 0.3 is 0 Å². The summed E-state index contributed by atoms with van der Waals surface area (Å²) in [6.45, 7) is 2.64. The molecule has 12 nitrogen and oxygen atoms in total. The van der Waals surface area contributed by atoms with Crippen LogP contribution in [-0.4, -0.2) is 62.1 Å². The molecular weight excluding hydrogens is 504 g/mol. The number of piperidine rings is 1. The zero-order chi connectivity index (χ0) is 25.2. The Morgan fingerprint density at radius 2 is 1.80 bits per heavy atom. The van der Waals surface area contributed by atoms with Crippen molar-refractivity contribution in [2.24, 2.45) is 5.92 Å². The van der Waals surface area contributed by atoms with Gasteiger partial charge in [0.25, 0.3) is 11.4 Å². The number of nitrogens with zero attached hydrogens (tertiary/aromatic N) is 3. The second kappa shape index (κ2) is 10.3. The Kier molecular flexibility index (Phi) is 7.40. The lowest BCUT2D eigenvalue weighted by Crippen LogP contribution is -2.45. The van der Waals surface area contributed by atoms with Crippen molar-refractivity contribution >= 4 is 33.0 Å². The van der Waals surface area contributed by atoms with Crippen LogP contribution in [-0.2, 0) is 10.0 Å². The van der Waals surface area contributed by atoms with Gasteiger partial charge in [0.2, 0.25) is 10.0 Å². The summed E-state index contributed by atoms with van der Waals surface area (Å²) in [6, 6.07) is 7.70. The van der Waals surface area contributed by atoms with E-state index in [-0.39, 0.29) is 18.6 Å². The third-order valence-electron chi connectivity index (χ3n) is 5.99. The molecule has 2 aromatic carbocycles. The van der Waals surface area contributed by atoms with Crippen molar-refractivity contribution in [2.45, 2.75) is 23.8 Å². The summed E-state index contributed by atoms with van der Waals surface area (Å²) in [4.78, 5) is 22.0. The third kappa shape index (κ3) is 5.99. The van der Waals surface area contributed by atoms with E-state index in [1.54, 1.807) is 18.2 Å². The highest BCUT2D eigenvalue weighted by Crippen LogP contribution is 2.34. The summed E-state index contributed by atoms with van der Waals surface area (Å²) < 4.78 is 39.6. The number of halogens is 1. The van der Waals surface area contributed by atoms with Crippen molar-refractivity contribution in [3.05, 3.63) is 61.6 Å². The van der Waals surface area contributed by atoms with Gasteiger partial charge in [-0.15, -0.1) is 0 Å². The molecule has 1 atom stereocenters. The minimum absolute atomic E-state index is 0.0428. The number of ether oxygens (including phenoxy) is 2. The van der Waals surface area contributed by atoms with Gasteiger partial charge < -0.3 is 9.47 Å². The van der Waals surface area contributed by atoms with Crippen molar-refractivity contribution < 1.29 is 27.7 Å². The van der Waals surface area contributed by atoms with E-state index in [9.17, 15) is 28.6 Å². The molecule has 1 saturated heterocycles. The summed E-state index contributed by atoms with van der Waals surface area (Å²) in [6.07, 6.45) is 1.29. The van der Waals surface area contributed by atoms with E-state index in [1.807, 2.05) is 0 Å². The van der Waals surface area contributed by atoms with Gasteiger partial charge in [0.1, 0.15) is 12.7 Å². The Bertz CT molecular complexity index is 1230. The van der Waals surface area contributed by atoms with E-state index in [0.717, 1.165) is 38.1 Å². The van der Waals surface area contributed by atoms with Crippen LogP contribution in [0.5, 0.6) is 11.5 Å². The lowest BCUT2D eigenvalue weighted by Gasteiger charge is -2.35. The first-order chi connectivity index (χ1) is 16.6. The minimum atomic E-state index is -4.22. The molecule has 2 heterocycles. The molecule has 0 spiro atoms. The van der Waals surface area contributed by atoms with Crippen molar-refractivity contribution in [2.75, 3.05) is 32.8 Å². The van der Waals surface area contributed by atoms with Gasteiger partial charge in [0.15, 0.2) is 16.4 Å². The standard InChI is InChI=1S/C21H23ClN4O8S/c22-15-1-3-19-20(9-15)34-17(13-33-19)12-24-7-5-14(6-8-24)11-23-35(31,32)21-4-2-16(25(27)28)10-18(21)26(29)30/h1-4,9-10,14,17,23H,5-8,11-13H2/t17-/m0/s1. The van der Waals surface area contributed by atoms with Crippen LogP contribution in [0.1, 0.15) is 12.8 Å². The van der Waals surface area contributed by atoms with Crippen molar-refractivity contribution in [1.82, 2.24) is 9.62 Å². The fraction of sp³-hybridized carbons (Fsp3) is 0.429. The first-order valence-corrected chi connectivity index (χ1v) is 12.7. The maximum Gasteiger partial charge on any atom is 0.296 e. The van der Waals surface area contributed by atoms with Gasteiger partial charge in [-0.2, -0.15) is 0 Å². The molecule has 2 aliphatic heterocycles. The van der Waals surface area contributed by atoms with Crippen LogP contribution in [0.2, 0.25) is 5.02 Å². The molecule has 0 amide bonds. The molecule has 2 aliphatic rings. The van der Waals surface area contributed by atoms with Gasteiger partial charge in [-0.25, -0.2) is 13.1 Å². The summed E-state index contributed by atoms with van der Waals surface area (Å²) in [5, 5.41) is 22.7. The Balaban J connectivity index is 1.29. The number of hydrogen-bond donors (Lipinski definition) is 1. The summed E-state index contributed by atoms with van der Waals surface area (Å²) in [5.41, 5.74) is -1.39. The molecule has 35 heavy (non-hydrogen) atoms. The SMILES string of the molecule is O=[N+]([O-])c1ccc(S(=O)(=O)NCC2CCN(C[C@H]3COc4ccc(Cl)cc4O3)CC2)c([N+](=O)[O-])c1. The van der Waals surface area contributed by atoms with Gasteiger partial charge in [-0.3, -0.25) is 25.1 Å². The lowest BCUT2D eigenvalue weighted by molar-refractivity contribution is -0.396. The van der Waals surface area contributed by atoms with Gasteiger partial charge in [-0.05, 0) is 50.0 Å². The fourth-order valence-corrected chi connectivity index (χ4v) is 5.56. The van der Waals surface area contributed by atoms with E-state index in [1.165, 1.54) is 0 Å². The Morgan fingerprint density at radius 3 is 2.49 bits per heavy atom. The van der Waals surface area contributed by atoms with Crippen LogP contribution in [0.3, 0.4) is 0 Å². The Labute approximate surface area is 206 Å².